The molecule has 3 rings (SSSR count). The maximum atomic E-state index is 12.6. The number of benzene rings is 1. The first kappa shape index (κ1) is 18.2. The molecule has 0 spiro atoms. The molecule has 1 fully saturated rings. The lowest BCUT2D eigenvalue weighted by atomic mass is 10.1. The highest BCUT2D eigenvalue weighted by Crippen LogP contribution is 2.29. The molecule has 0 saturated carbocycles. The van der Waals surface area contributed by atoms with E-state index in [9.17, 15) is 4.79 Å². The minimum absolute atomic E-state index is 0.0620. The fourth-order valence-electron chi connectivity index (χ4n) is 3.14. The number of pyridine rings is 1. The van der Waals surface area contributed by atoms with Crippen molar-refractivity contribution in [3.8, 4) is 11.5 Å². The molecular formula is C19H24N4O3. The first-order valence-electron chi connectivity index (χ1n) is 8.58. The van der Waals surface area contributed by atoms with Crippen molar-refractivity contribution in [1.82, 2.24) is 15.2 Å². The molecule has 1 amide bonds. The highest BCUT2D eigenvalue weighted by molar-refractivity contribution is 5.92. The van der Waals surface area contributed by atoms with E-state index in [-0.39, 0.29) is 11.9 Å². The fraction of sp³-hybridized carbons (Fsp3) is 0.368. The Morgan fingerprint density at radius 2 is 2.15 bits per heavy atom. The van der Waals surface area contributed by atoms with Crippen LogP contribution in [0.3, 0.4) is 0 Å². The van der Waals surface area contributed by atoms with Gasteiger partial charge in [0.05, 0.1) is 20.8 Å². The molecule has 0 radical (unpaired) electrons. The van der Waals surface area contributed by atoms with Crippen molar-refractivity contribution in [3.63, 3.8) is 0 Å². The lowest BCUT2D eigenvalue weighted by molar-refractivity contribution is -0.118. The second kappa shape index (κ2) is 8.64. The summed E-state index contributed by atoms with van der Waals surface area (Å²) < 4.78 is 10.5. The number of carbonyl (C=O) groups excluding carboxylic acids is 1. The molecule has 2 aromatic rings. The Bertz CT molecular complexity index is 739. The van der Waals surface area contributed by atoms with E-state index in [1.165, 1.54) is 0 Å². The Kier molecular flexibility index (Phi) is 6.04. The highest BCUT2D eigenvalue weighted by Gasteiger charge is 2.25. The first-order valence-corrected chi connectivity index (χ1v) is 8.58. The monoisotopic (exact) mass is 356 g/mol. The molecule has 1 aromatic heterocycles. The van der Waals surface area contributed by atoms with E-state index in [2.05, 4.69) is 20.5 Å². The number of amides is 1. The number of hydrogen-bond donors (Lipinski definition) is 2. The van der Waals surface area contributed by atoms with E-state index in [1.807, 2.05) is 18.3 Å². The van der Waals surface area contributed by atoms with Crippen LogP contribution in [0.2, 0.25) is 0 Å². The number of nitrogens with zero attached hydrogens (tertiary/aromatic N) is 2. The third-order valence-corrected chi connectivity index (χ3v) is 4.44. The maximum Gasteiger partial charge on any atom is 0.238 e. The predicted octanol–water partition coefficient (Wildman–Crippen LogP) is 1.68. The van der Waals surface area contributed by atoms with Gasteiger partial charge in [0, 0.05) is 49.8 Å². The van der Waals surface area contributed by atoms with Crippen LogP contribution in [0.1, 0.15) is 11.6 Å². The Labute approximate surface area is 153 Å². The van der Waals surface area contributed by atoms with Gasteiger partial charge in [-0.1, -0.05) is 6.07 Å². The molecule has 138 valence electrons. The van der Waals surface area contributed by atoms with Gasteiger partial charge in [-0.25, -0.2) is 0 Å². The van der Waals surface area contributed by atoms with Crippen molar-refractivity contribution < 1.29 is 14.3 Å². The van der Waals surface area contributed by atoms with Gasteiger partial charge in [0.2, 0.25) is 5.91 Å². The molecule has 7 nitrogen and oxygen atoms in total. The Balaban J connectivity index is 1.66. The van der Waals surface area contributed by atoms with Crippen LogP contribution in [0.4, 0.5) is 5.69 Å². The van der Waals surface area contributed by atoms with Crippen molar-refractivity contribution >= 4 is 11.6 Å². The van der Waals surface area contributed by atoms with Crippen LogP contribution >= 0.6 is 0 Å². The van der Waals surface area contributed by atoms with Gasteiger partial charge in [-0.05, 0) is 23.8 Å². The zero-order chi connectivity index (χ0) is 18.4. The van der Waals surface area contributed by atoms with E-state index in [4.69, 9.17) is 9.47 Å². The van der Waals surface area contributed by atoms with Crippen LogP contribution < -0.4 is 20.1 Å². The number of nitrogens with one attached hydrogen (secondary N) is 2. The summed E-state index contributed by atoms with van der Waals surface area (Å²) in [5.41, 5.74) is 1.79. The van der Waals surface area contributed by atoms with Gasteiger partial charge in [0.25, 0.3) is 0 Å². The minimum atomic E-state index is -0.0620. The van der Waals surface area contributed by atoms with Gasteiger partial charge in [-0.3, -0.25) is 14.7 Å². The number of carbonyl (C=O) groups is 1. The molecule has 7 heteroatoms. The summed E-state index contributed by atoms with van der Waals surface area (Å²) in [4.78, 5) is 18.9. The van der Waals surface area contributed by atoms with E-state index in [1.54, 1.807) is 38.6 Å². The zero-order valence-electron chi connectivity index (χ0n) is 15.1. The molecule has 1 aliphatic rings. The lowest BCUT2D eigenvalue weighted by Crippen LogP contribution is -2.48. The molecule has 1 atom stereocenters. The van der Waals surface area contributed by atoms with E-state index < -0.39 is 0 Å². The number of ether oxygens (including phenoxy) is 2. The molecule has 0 bridgehead atoms. The smallest absolute Gasteiger partial charge is 0.238 e. The number of piperazine rings is 1. The quantitative estimate of drug-likeness (QED) is 0.820. The summed E-state index contributed by atoms with van der Waals surface area (Å²) in [6.07, 6.45) is 3.62. The summed E-state index contributed by atoms with van der Waals surface area (Å²) in [6.45, 7) is 2.78. The summed E-state index contributed by atoms with van der Waals surface area (Å²) >= 11 is 0. The van der Waals surface area contributed by atoms with Gasteiger partial charge in [0.1, 0.15) is 0 Å². The standard InChI is InChI=1S/C19H24N4O3/c1-25-17-6-5-15(10-18(17)26-2)22-19(24)13-23-9-8-21-12-16(23)14-4-3-7-20-11-14/h3-7,10-11,16,21H,8-9,12-13H2,1-2H3,(H,22,24). The molecule has 1 aliphatic heterocycles. The topological polar surface area (TPSA) is 75.7 Å². The second-order valence-corrected chi connectivity index (χ2v) is 6.09. The van der Waals surface area contributed by atoms with Gasteiger partial charge >= 0.3 is 0 Å². The van der Waals surface area contributed by atoms with Crippen LogP contribution in [-0.4, -0.2) is 56.2 Å². The zero-order valence-corrected chi connectivity index (χ0v) is 15.1. The summed E-state index contributed by atoms with van der Waals surface area (Å²) in [6, 6.07) is 9.43. The first-order chi connectivity index (χ1) is 12.7. The second-order valence-electron chi connectivity index (χ2n) is 6.09. The Morgan fingerprint density at radius 1 is 1.31 bits per heavy atom. The largest absolute Gasteiger partial charge is 0.493 e. The third-order valence-electron chi connectivity index (χ3n) is 4.44. The fourth-order valence-corrected chi connectivity index (χ4v) is 3.14. The number of hydrogen-bond acceptors (Lipinski definition) is 6. The average Bonchev–Trinajstić information content (AvgIpc) is 2.69. The third kappa shape index (κ3) is 4.30. The van der Waals surface area contributed by atoms with Crippen molar-refractivity contribution in [2.24, 2.45) is 0 Å². The maximum absolute atomic E-state index is 12.6. The van der Waals surface area contributed by atoms with Crippen LogP contribution in [0.25, 0.3) is 0 Å². The van der Waals surface area contributed by atoms with Crippen LogP contribution in [0.15, 0.2) is 42.7 Å². The lowest BCUT2D eigenvalue weighted by Gasteiger charge is -2.35. The van der Waals surface area contributed by atoms with Gasteiger partial charge in [-0.15, -0.1) is 0 Å². The Morgan fingerprint density at radius 3 is 2.88 bits per heavy atom. The SMILES string of the molecule is COc1ccc(NC(=O)CN2CCNCC2c2cccnc2)cc1OC. The molecular weight excluding hydrogens is 332 g/mol. The number of methoxy groups -OCH3 is 2. The van der Waals surface area contributed by atoms with Crippen molar-refractivity contribution in [2.75, 3.05) is 45.7 Å². The minimum Gasteiger partial charge on any atom is -0.493 e. The normalized spacial score (nSPS) is 17.5. The van der Waals surface area contributed by atoms with Gasteiger partial charge < -0.3 is 20.1 Å². The van der Waals surface area contributed by atoms with E-state index >= 15 is 0 Å². The van der Waals surface area contributed by atoms with Crippen molar-refractivity contribution in [1.29, 1.82) is 0 Å². The van der Waals surface area contributed by atoms with Gasteiger partial charge in [-0.2, -0.15) is 0 Å². The summed E-state index contributed by atoms with van der Waals surface area (Å²) in [7, 11) is 3.15. The molecule has 2 heterocycles. The molecule has 1 unspecified atom stereocenters. The van der Waals surface area contributed by atoms with Gasteiger partial charge in [0.15, 0.2) is 11.5 Å². The van der Waals surface area contributed by atoms with Crippen LogP contribution in [0, 0.1) is 0 Å². The van der Waals surface area contributed by atoms with Crippen LogP contribution in [0.5, 0.6) is 11.5 Å². The van der Waals surface area contributed by atoms with Crippen molar-refractivity contribution in [3.05, 3.63) is 48.3 Å². The summed E-state index contributed by atoms with van der Waals surface area (Å²) in [5, 5.41) is 6.32. The highest BCUT2D eigenvalue weighted by atomic mass is 16.5. The molecule has 1 aromatic carbocycles. The predicted molar refractivity (Wildman–Crippen MR) is 99.6 cm³/mol. The van der Waals surface area contributed by atoms with E-state index in [0.29, 0.717) is 23.7 Å². The number of aromatic nitrogens is 1. The average molecular weight is 356 g/mol. The summed E-state index contributed by atoms with van der Waals surface area (Å²) in [5.74, 6) is 1.15. The molecule has 0 aliphatic carbocycles. The molecule has 2 N–H and O–H groups in total. The van der Waals surface area contributed by atoms with E-state index in [0.717, 1.165) is 25.2 Å². The van der Waals surface area contributed by atoms with Crippen molar-refractivity contribution in [2.45, 2.75) is 6.04 Å². The number of anilines is 1. The molecule has 1 saturated heterocycles. The Hall–Kier alpha value is -2.64. The number of rotatable bonds is 6. The van der Waals surface area contributed by atoms with Crippen LogP contribution in [-0.2, 0) is 4.79 Å². The molecule has 26 heavy (non-hydrogen) atoms.